The molecule has 0 bridgehead atoms. The van der Waals surface area contributed by atoms with Crippen molar-refractivity contribution in [1.29, 1.82) is 0 Å². The number of urea groups is 1. The number of carboxylic acid groups (broad SMARTS) is 1. The molecule has 1 heterocycles. The summed E-state index contributed by atoms with van der Waals surface area (Å²) >= 11 is 0.710. The highest BCUT2D eigenvalue weighted by Crippen LogP contribution is 2.31. The molecule has 28 heavy (non-hydrogen) atoms. The Bertz CT molecular complexity index is 860. The topological polar surface area (TPSA) is 104 Å². The number of carboxylic acids is 1. The third kappa shape index (κ3) is 5.36. The second kappa shape index (κ2) is 9.42. The molecular weight excluding hydrogens is 394 g/mol. The molecule has 0 saturated carbocycles. The third-order valence-electron chi connectivity index (χ3n) is 3.94. The van der Waals surface area contributed by atoms with Gasteiger partial charge in [-0.05, 0) is 38.6 Å². The van der Waals surface area contributed by atoms with Crippen molar-refractivity contribution in [2.75, 3.05) is 26.0 Å². The number of anilines is 1. The first-order chi connectivity index (χ1) is 13.2. The van der Waals surface area contributed by atoms with Crippen LogP contribution in [-0.2, 0) is 6.61 Å². The molecule has 0 aliphatic rings. The molecular formula is C17H20F2N4O4S. The van der Waals surface area contributed by atoms with E-state index in [2.05, 4.69) is 15.0 Å². The van der Waals surface area contributed by atoms with Crippen LogP contribution in [0.2, 0.25) is 0 Å². The van der Waals surface area contributed by atoms with E-state index in [-0.39, 0.29) is 28.0 Å². The number of nitrogens with zero attached hydrogens (tertiary/aromatic N) is 2. The first kappa shape index (κ1) is 21.5. The van der Waals surface area contributed by atoms with E-state index in [0.29, 0.717) is 18.1 Å². The van der Waals surface area contributed by atoms with E-state index in [4.69, 9.17) is 4.74 Å². The van der Waals surface area contributed by atoms with Gasteiger partial charge in [-0.1, -0.05) is 12.1 Å². The number of carbonyl (C=O) groups is 2. The van der Waals surface area contributed by atoms with Gasteiger partial charge in [0.15, 0.2) is 17.2 Å². The van der Waals surface area contributed by atoms with Gasteiger partial charge in [-0.15, -0.1) is 0 Å². The summed E-state index contributed by atoms with van der Waals surface area (Å²) < 4.78 is 36.0. The average Bonchev–Trinajstić information content (AvgIpc) is 3.03. The Morgan fingerprint density at radius 1 is 1.36 bits per heavy atom. The van der Waals surface area contributed by atoms with E-state index in [0.717, 1.165) is 6.07 Å². The van der Waals surface area contributed by atoms with E-state index in [1.165, 1.54) is 12.1 Å². The molecule has 2 amide bonds. The van der Waals surface area contributed by atoms with Gasteiger partial charge in [0.25, 0.3) is 0 Å². The van der Waals surface area contributed by atoms with E-state index in [9.17, 15) is 23.5 Å². The number of aromatic carboxylic acids is 1. The fourth-order valence-corrected chi connectivity index (χ4v) is 2.75. The molecule has 0 aliphatic carbocycles. The molecule has 1 aromatic carbocycles. The average molecular weight is 414 g/mol. The molecule has 0 aliphatic heterocycles. The molecule has 152 valence electrons. The fourth-order valence-electron chi connectivity index (χ4n) is 2.02. The number of aromatic nitrogens is 1. The van der Waals surface area contributed by atoms with Crippen LogP contribution in [0.1, 0.15) is 22.8 Å². The van der Waals surface area contributed by atoms with E-state index in [1.54, 1.807) is 0 Å². The van der Waals surface area contributed by atoms with Crippen molar-refractivity contribution in [2.45, 2.75) is 19.6 Å². The standard InChI is InChI=1S/C17H20F2N4O4S/c1-9(23(2)3)7-20-17(26)21-15-12(16(24)25)14(22-28-15)27-8-10-5-4-6-11(18)13(10)19/h4-6,9H,7-8H2,1-3H3,(H,24,25)(H2,20,21,26). The number of hydrogen-bond acceptors (Lipinski definition) is 6. The summed E-state index contributed by atoms with van der Waals surface area (Å²) in [5.74, 6) is -3.79. The molecule has 0 saturated heterocycles. The van der Waals surface area contributed by atoms with Crippen LogP contribution in [0, 0.1) is 11.6 Å². The van der Waals surface area contributed by atoms with Crippen molar-refractivity contribution >= 4 is 28.5 Å². The summed E-state index contributed by atoms with van der Waals surface area (Å²) in [4.78, 5) is 25.5. The second-order valence-corrected chi connectivity index (χ2v) is 6.92. The minimum Gasteiger partial charge on any atom is -0.477 e. The van der Waals surface area contributed by atoms with Crippen molar-refractivity contribution in [2.24, 2.45) is 0 Å². The highest BCUT2D eigenvalue weighted by Gasteiger charge is 2.24. The Kier molecular flexibility index (Phi) is 7.24. The lowest BCUT2D eigenvalue weighted by atomic mass is 10.2. The zero-order valence-corrected chi connectivity index (χ0v) is 16.3. The molecule has 1 unspecified atom stereocenters. The Morgan fingerprint density at radius 3 is 2.71 bits per heavy atom. The van der Waals surface area contributed by atoms with Crippen molar-refractivity contribution in [1.82, 2.24) is 14.6 Å². The lowest BCUT2D eigenvalue weighted by Crippen LogP contribution is -2.40. The Balaban J connectivity index is 2.07. The number of carbonyl (C=O) groups excluding carboxylic acids is 1. The summed E-state index contributed by atoms with van der Waals surface area (Å²) in [6.07, 6.45) is 0. The minimum absolute atomic E-state index is 0.0304. The monoisotopic (exact) mass is 414 g/mol. The summed E-state index contributed by atoms with van der Waals surface area (Å²) in [6.45, 7) is 1.84. The highest BCUT2D eigenvalue weighted by atomic mass is 32.1. The van der Waals surface area contributed by atoms with Crippen LogP contribution in [-0.4, -0.2) is 53.1 Å². The first-order valence-corrected chi connectivity index (χ1v) is 8.98. The number of rotatable bonds is 8. The second-order valence-electron chi connectivity index (χ2n) is 6.15. The van der Waals surface area contributed by atoms with Gasteiger partial charge in [-0.3, -0.25) is 5.32 Å². The van der Waals surface area contributed by atoms with Gasteiger partial charge in [-0.2, -0.15) is 4.37 Å². The third-order valence-corrected chi connectivity index (χ3v) is 4.68. The quantitative estimate of drug-likeness (QED) is 0.614. The van der Waals surface area contributed by atoms with Crippen LogP contribution in [0.25, 0.3) is 0 Å². The summed E-state index contributed by atoms with van der Waals surface area (Å²) in [7, 11) is 3.72. The number of nitrogens with one attached hydrogen (secondary N) is 2. The van der Waals surface area contributed by atoms with Crippen LogP contribution in [0.5, 0.6) is 5.88 Å². The Labute approximate surface area is 164 Å². The van der Waals surface area contributed by atoms with Gasteiger partial charge < -0.3 is 20.1 Å². The molecule has 11 heteroatoms. The molecule has 2 aromatic rings. The van der Waals surface area contributed by atoms with E-state index in [1.807, 2.05) is 25.9 Å². The Morgan fingerprint density at radius 2 is 2.07 bits per heavy atom. The van der Waals surface area contributed by atoms with Crippen molar-refractivity contribution in [3.63, 3.8) is 0 Å². The smallest absolute Gasteiger partial charge is 0.344 e. The number of ether oxygens (including phenoxy) is 1. The van der Waals surface area contributed by atoms with Crippen LogP contribution in [0.3, 0.4) is 0 Å². The van der Waals surface area contributed by atoms with Gasteiger partial charge in [0, 0.05) is 18.2 Å². The van der Waals surface area contributed by atoms with Crippen LogP contribution in [0.4, 0.5) is 18.6 Å². The van der Waals surface area contributed by atoms with Gasteiger partial charge in [0.05, 0.1) is 0 Å². The molecule has 1 aromatic heterocycles. The van der Waals surface area contributed by atoms with Crippen LogP contribution >= 0.6 is 11.5 Å². The predicted octanol–water partition coefficient (Wildman–Crippen LogP) is 2.77. The van der Waals surface area contributed by atoms with Crippen LogP contribution < -0.4 is 15.4 Å². The maximum atomic E-state index is 13.7. The molecule has 3 N–H and O–H groups in total. The zero-order chi connectivity index (χ0) is 20.8. The van der Waals surface area contributed by atoms with E-state index >= 15 is 0 Å². The number of likely N-dealkylation sites (N-methyl/N-ethyl adjacent to an activating group) is 1. The van der Waals surface area contributed by atoms with Crippen molar-refractivity contribution < 1.29 is 28.2 Å². The Hall–Kier alpha value is -2.79. The number of hydrogen-bond donors (Lipinski definition) is 3. The maximum Gasteiger partial charge on any atom is 0.344 e. The fraction of sp³-hybridized carbons (Fsp3) is 0.353. The maximum absolute atomic E-state index is 13.7. The van der Waals surface area contributed by atoms with Gasteiger partial charge in [0.1, 0.15) is 11.6 Å². The van der Waals surface area contributed by atoms with Crippen molar-refractivity contribution in [3.8, 4) is 5.88 Å². The molecule has 2 rings (SSSR count). The van der Waals surface area contributed by atoms with E-state index < -0.39 is 30.2 Å². The number of amides is 2. The SMILES string of the molecule is CC(CNC(=O)Nc1snc(OCc2cccc(F)c2F)c1C(=O)O)N(C)C. The molecule has 8 nitrogen and oxygen atoms in total. The molecule has 0 spiro atoms. The zero-order valence-electron chi connectivity index (χ0n) is 15.5. The van der Waals surface area contributed by atoms with Gasteiger partial charge in [-0.25, -0.2) is 18.4 Å². The lowest BCUT2D eigenvalue weighted by molar-refractivity contribution is 0.0693. The van der Waals surface area contributed by atoms with Gasteiger partial charge >= 0.3 is 12.0 Å². The van der Waals surface area contributed by atoms with Crippen LogP contribution in [0.15, 0.2) is 18.2 Å². The minimum atomic E-state index is -1.37. The molecule has 0 fully saturated rings. The molecule has 1 atom stereocenters. The summed E-state index contributed by atoms with van der Waals surface area (Å²) in [6, 6.07) is 3.06. The number of benzene rings is 1. The summed E-state index contributed by atoms with van der Waals surface area (Å²) in [5.41, 5.74) is -0.452. The number of halogens is 2. The largest absolute Gasteiger partial charge is 0.477 e. The molecule has 0 radical (unpaired) electrons. The lowest BCUT2D eigenvalue weighted by Gasteiger charge is -2.19. The first-order valence-electron chi connectivity index (χ1n) is 8.20. The van der Waals surface area contributed by atoms with Crippen molar-refractivity contribution in [3.05, 3.63) is 41.0 Å². The summed E-state index contributed by atoms with van der Waals surface area (Å²) in [5, 5.41) is 14.4. The van der Waals surface area contributed by atoms with Gasteiger partial charge in [0.2, 0.25) is 5.88 Å². The predicted molar refractivity (Wildman–Crippen MR) is 99.9 cm³/mol. The normalized spacial score (nSPS) is 11.9. The highest BCUT2D eigenvalue weighted by molar-refractivity contribution is 7.11.